The van der Waals surface area contributed by atoms with Crippen LogP contribution in [-0.4, -0.2) is 19.6 Å². The number of ether oxygens (including phenoxy) is 1. The summed E-state index contributed by atoms with van der Waals surface area (Å²) in [5.74, 6) is 0.858. The average molecular weight is 289 g/mol. The van der Waals surface area contributed by atoms with Crippen LogP contribution < -0.4 is 15.8 Å². The van der Waals surface area contributed by atoms with Crippen LogP contribution in [0.25, 0.3) is 0 Å². The number of hydrogen-bond donors (Lipinski definition) is 2. The van der Waals surface area contributed by atoms with E-state index >= 15 is 0 Å². The normalized spacial score (nSPS) is 11.5. The molecule has 5 nitrogen and oxygen atoms in total. The molecule has 0 aliphatic rings. The van der Waals surface area contributed by atoms with E-state index in [1.165, 1.54) is 7.11 Å². The highest BCUT2D eigenvalue weighted by molar-refractivity contribution is 5.93. The molecule has 0 heterocycles. The second-order valence-electron chi connectivity index (χ2n) is 4.93. The maximum absolute atomic E-state index is 12.1. The Bertz CT molecular complexity index is 509. The van der Waals surface area contributed by atoms with Gasteiger partial charge in [-0.2, -0.15) is 5.26 Å². The summed E-state index contributed by atoms with van der Waals surface area (Å²) >= 11 is 0. The fourth-order valence-electron chi connectivity index (χ4n) is 2.25. The van der Waals surface area contributed by atoms with E-state index in [9.17, 15) is 4.79 Å². The lowest BCUT2D eigenvalue weighted by molar-refractivity contribution is -0.116. The molecule has 0 aromatic heterocycles. The van der Waals surface area contributed by atoms with E-state index in [2.05, 4.69) is 18.3 Å². The summed E-state index contributed by atoms with van der Waals surface area (Å²) in [7, 11) is 1.51. The van der Waals surface area contributed by atoms with Crippen molar-refractivity contribution in [3.63, 3.8) is 0 Å². The van der Waals surface area contributed by atoms with Gasteiger partial charge in [0, 0.05) is 6.42 Å². The Hall–Kier alpha value is -2.06. The number of carbonyl (C=O) groups excluding carboxylic acids is 1. The Balaban J connectivity index is 2.69. The second-order valence-corrected chi connectivity index (χ2v) is 4.93. The molecule has 0 bridgehead atoms. The highest BCUT2D eigenvalue weighted by Crippen LogP contribution is 2.28. The summed E-state index contributed by atoms with van der Waals surface area (Å²) in [5, 5.41) is 11.9. The van der Waals surface area contributed by atoms with Crippen LogP contribution in [0.4, 0.5) is 5.69 Å². The van der Waals surface area contributed by atoms with Crippen molar-refractivity contribution >= 4 is 11.6 Å². The minimum absolute atomic E-state index is 0.105. The van der Waals surface area contributed by atoms with Crippen LogP contribution in [-0.2, 0) is 4.79 Å². The Labute approximate surface area is 126 Å². The van der Waals surface area contributed by atoms with E-state index in [1.54, 1.807) is 18.2 Å². The summed E-state index contributed by atoms with van der Waals surface area (Å²) in [6.07, 6.45) is 3.17. The van der Waals surface area contributed by atoms with Gasteiger partial charge < -0.3 is 15.8 Å². The Morgan fingerprint density at radius 3 is 2.81 bits per heavy atom. The molecule has 1 atom stereocenters. The zero-order chi connectivity index (χ0) is 15.7. The molecule has 1 unspecified atom stereocenters. The third kappa shape index (κ3) is 5.09. The predicted octanol–water partition coefficient (Wildman–Crippen LogP) is 2.66. The molecular weight excluding hydrogens is 266 g/mol. The Morgan fingerprint density at radius 2 is 2.24 bits per heavy atom. The van der Waals surface area contributed by atoms with Gasteiger partial charge in [0.25, 0.3) is 0 Å². The van der Waals surface area contributed by atoms with E-state index in [0.29, 0.717) is 35.9 Å². The highest BCUT2D eigenvalue weighted by Gasteiger charge is 2.14. The first-order valence-corrected chi connectivity index (χ1v) is 7.23. The predicted molar refractivity (Wildman–Crippen MR) is 83.0 cm³/mol. The summed E-state index contributed by atoms with van der Waals surface area (Å²) in [5.41, 5.74) is 6.40. The number of nitrogens with two attached hydrogens (primary N) is 1. The lowest BCUT2D eigenvalue weighted by atomic mass is 9.96. The first-order chi connectivity index (χ1) is 10.2. The van der Waals surface area contributed by atoms with Crippen LogP contribution in [0, 0.1) is 17.2 Å². The first-order valence-electron chi connectivity index (χ1n) is 7.23. The second kappa shape index (κ2) is 8.98. The molecular formula is C16H23N3O2. The van der Waals surface area contributed by atoms with Crippen LogP contribution in [0.15, 0.2) is 18.2 Å². The molecule has 0 fully saturated rings. The Morgan fingerprint density at radius 1 is 1.48 bits per heavy atom. The van der Waals surface area contributed by atoms with Crippen LogP contribution in [0.1, 0.15) is 38.2 Å². The number of rotatable bonds is 8. The zero-order valence-electron chi connectivity index (χ0n) is 12.7. The molecule has 0 spiro atoms. The molecule has 1 aromatic carbocycles. The van der Waals surface area contributed by atoms with Gasteiger partial charge in [-0.25, -0.2) is 0 Å². The molecule has 3 N–H and O–H groups in total. The van der Waals surface area contributed by atoms with Crippen molar-refractivity contribution in [2.45, 2.75) is 32.6 Å². The number of nitrogens with one attached hydrogen (secondary N) is 1. The fraction of sp³-hybridized carbons (Fsp3) is 0.500. The van der Waals surface area contributed by atoms with Gasteiger partial charge in [-0.15, -0.1) is 0 Å². The molecule has 1 aromatic rings. The van der Waals surface area contributed by atoms with Crippen molar-refractivity contribution in [3.05, 3.63) is 23.8 Å². The zero-order valence-corrected chi connectivity index (χ0v) is 12.7. The van der Waals surface area contributed by atoms with Crippen molar-refractivity contribution < 1.29 is 9.53 Å². The number of methoxy groups -OCH3 is 1. The van der Waals surface area contributed by atoms with Crippen molar-refractivity contribution in [1.29, 1.82) is 5.26 Å². The van der Waals surface area contributed by atoms with E-state index in [-0.39, 0.29) is 5.91 Å². The third-order valence-electron chi connectivity index (χ3n) is 3.56. The largest absolute Gasteiger partial charge is 0.495 e. The van der Waals surface area contributed by atoms with Gasteiger partial charge in [-0.05, 0) is 37.4 Å². The number of para-hydroxylation sites is 1. The molecule has 1 rings (SSSR count). The lowest BCUT2D eigenvalue weighted by Crippen LogP contribution is -2.16. The minimum Gasteiger partial charge on any atom is -0.495 e. The van der Waals surface area contributed by atoms with Gasteiger partial charge in [0.15, 0.2) is 0 Å². The van der Waals surface area contributed by atoms with Gasteiger partial charge in [0.05, 0.1) is 12.7 Å². The monoisotopic (exact) mass is 289 g/mol. The first kappa shape index (κ1) is 17.0. The van der Waals surface area contributed by atoms with Gasteiger partial charge in [-0.1, -0.05) is 19.4 Å². The summed E-state index contributed by atoms with van der Waals surface area (Å²) < 4.78 is 5.19. The highest BCUT2D eigenvalue weighted by atomic mass is 16.5. The number of nitriles is 1. The number of anilines is 1. The maximum atomic E-state index is 12.1. The van der Waals surface area contributed by atoms with Crippen molar-refractivity contribution in [2.24, 2.45) is 11.7 Å². The topological polar surface area (TPSA) is 88.1 Å². The molecule has 0 aliphatic heterocycles. The number of nitrogens with zero attached hydrogens (tertiary/aromatic N) is 1. The Kier molecular flexibility index (Phi) is 7.27. The number of hydrogen-bond acceptors (Lipinski definition) is 4. The van der Waals surface area contributed by atoms with Crippen LogP contribution in [0.3, 0.4) is 0 Å². The van der Waals surface area contributed by atoms with Crippen LogP contribution >= 0.6 is 0 Å². The van der Waals surface area contributed by atoms with Crippen molar-refractivity contribution in [2.75, 3.05) is 19.0 Å². The standard InChI is InChI=1S/C16H23N3O2/c1-3-12(9-10-17)7-8-15(20)19-16-13(11-18)5-4-6-14(16)21-2/h4-6,12H,3,7-10,17H2,1-2H3,(H,19,20). The SMILES string of the molecule is CCC(CCN)CCC(=O)Nc1c(C#N)cccc1OC. The third-order valence-corrected chi connectivity index (χ3v) is 3.56. The molecule has 5 heteroatoms. The van der Waals surface area contributed by atoms with E-state index in [0.717, 1.165) is 19.3 Å². The minimum atomic E-state index is -0.105. The molecule has 0 saturated carbocycles. The molecule has 21 heavy (non-hydrogen) atoms. The number of amides is 1. The summed E-state index contributed by atoms with van der Waals surface area (Å²) in [6.45, 7) is 2.75. The summed E-state index contributed by atoms with van der Waals surface area (Å²) in [4.78, 5) is 12.1. The summed E-state index contributed by atoms with van der Waals surface area (Å²) in [6, 6.07) is 7.16. The van der Waals surface area contributed by atoms with Crippen molar-refractivity contribution in [3.8, 4) is 11.8 Å². The lowest BCUT2D eigenvalue weighted by Gasteiger charge is -2.14. The molecule has 0 saturated heterocycles. The molecule has 1 amide bonds. The molecule has 114 valence electrons. The van der Waals surface area contributed by atoms with Crippen molar-refractivity contribution in [1.82, 2.24) is 0 Å². The van der Waals surface area contributed by atoms with Gasteiger partial charge in [-0.3, -0.25) is 4.79 Å². The molecule has 0 radical (unpaired) electrons. The molecule has 0 aliphatic carbocycles. The van der Waals surface area contributed by atoms with E-state index in [4.69, 9.17) is 15.7 Å². The smallest absolute Gasteiger partial charge is 0.224 e. The fourth-order valence-corrected chi connectivity index (χ4v) is 2.25. The van der Waals surface area contributed by atoms with Gasteiger partial charge >= 0.3 is 0 Å². The van der Waals surface area contributed by atoms with E-state index in [1.807, 2.05) is 0 Å². The van der Waals surface area contributed by atoms with E-state index < -0.39 is 0 Å². The number of carbonyl (C=O) groups is 1. The van der Waals surface area contributed by atoms with Gasteiger partial charge in [0.2, 0.25) is 5.91 Å². The maximum Gasteiger partial charge on any atom is 0.224 e. The van der Waals surface area contributed by atoms with Crippen LogP contribution in [0.2, 0.25) is 0 Å². The van der Waals surface area contributed by atoms with Gasteiger partial charge in [0.1, 0.15) is 17.5 Å². The number of benzene rings is 1. The van der Waals surface area contributed by atoms with Crippen LogP contribution in [0.5, 0.6) is 5.75 Å². The average Bonchev–Trinajstić information content (AvgIpc) is 2.51. The quantitative estimate of drug-likeness (QED) is 0.770.